The molecule has 0 N–H and O–H groups in total. The molecule has 0 spiro atoms. The predicted octanol–water partition coefficient (Wildman–Crippen LogP) is 3.25. The molecule has 14 heavy (non-hydrogen) atoms. The van der Waals surface area contributed by atoms with E-state index in [0.29, 0.717) is 28.6 Å². The minimum Gasteiger partial charge on any atom is -0.463 e. The predicted molar refractivity (Wildman–Crippen MR) is 59.9 cm³/mol. The summed E-state index contributed by atoms with van der Waals surface area (Å²) in [6.07, 6.45) is 0. The average molecular weight is 326 g/mol. The molecule has 1 aromatic rings. The van der Waals surface area contributed by atoms with Gasteiger partial charge in [-0.05, 0) is 13.0 Å². The zero-order valence-electron chi connectivity index (χ0n) is 7.68. The molecule has 0 bridgehead atoms. The number of hydrogen-bond acceptors (Lipinski definition) is 3. The van der Waals surface area contributed by atoms with E-state index in [-0.39, 0.29) is 5.97 Å². The lowest BCUT2D eigenvalue weighted by Crippen LogP contribution is -2.05. The molecule has 3 nitrogen and oxygen atoms in total. The van der Waals surface area contributed by atoms with Crippen LogP contribution in [0.4, 0.5) is 0 Å². The Balaban J connectivity index is 2.93. The highest BCUT2D eigenvalue weighted by Crippen LogP contribution is 2.21. The first-order valence-corrected chi connectivity index (χ1v) is 6.37. The van der Waals surface area contributed by atoms with E-state index in [1.807, 2.05) is 0 Å². The van der Waals surface area contributed by atoms with Gasteiger partial charge in [-0.2, -0.15) is 0 Å². The number of furan rings is 1. The van der Waals surface area contributed by atoms with E-state index in [0.717, 1.165) is 5.76 Å². The van der Waals surface area contributed by atoms with Gasteiger partial charge in [-0.3, -0.25) is 0 Å². The molecule has 0 aliphatic carbocycles. The van der Waals surface area contributed by atoms with Gasteiger partial charge in [0.05, 0.1) is 17.3 Å². The maximum absolute atomic E-state index is 11.4. The van der Waals surface area contributed by atoms with Gasteiger partial charge >= 0.3 is 5.97 Å². The molecule has 1 rings (SSSR count). The number of halogens is 2. The molecule has 0 radical (unpaired) electrons. The Morgan fingerprint density at radius 3 is 2.71 bits per heavy atom. The molecule has 1 heterocycles. The van der Waals surface area contributed by atoms with Crippen LogP contribution in [0, 0.1) is 0 Å². The Morgan fingerprint density at radius 2 is 2.21 bits per heavy atom. The van der Waals surface area contributed by atoms with Crippen LogP contribution in [0.5, 0.6) is 0 Å². The second-order valence-corrected chi connectivity index (χ2v) is 3.66. The van der Waals surface area contributed by atoms with Gasteiger partial charge in [0, 0.05) is 0 Å². The van der Waals surface area contributed by atoms with Crippen molar-refractivity contribution >= 4 is 37.8 Å². The van der Waals surface area contributed by atoms with Gasteiger partial charge < -0.3 is 9.15 Å². The summed E-state index contributed by atoms with van der Waals surface area (Å²) in [7, 11) is 0. The quantitative estimate of drug-likeness (QED) is 0.630. The normalized spacial score (nSPS) is 10.2. The average Bonchev–Trinajstić information content (AvgIpc) is 2.61. The Hall–Kier alpha value is -0.290. The maximum atomic E-state index is 11.4. The number of esters is 1. The Labute approximate surface area is 99.1 Å². The van der Waals surface area contributed by atoms with Crippen LogP contribution in [0.15, 0.2) is 10.5 Å². The lowest BCUT2D eigenvalue weighted by atomic mass is 10.2. The Morgan fingerprint density at radius 1 is 1.50 bits per heavy atom. The molecule has 1 aromatic heterocycles. The van der Waals surface area contributed by atoms with Gasteiger partial charge in [0.15, 0.2) is 0 Å². The fourth-order valence-corrected chi connectivity index (χ4v) is 1.72. The van der Waals surface area contributed by atoms with E-state index in [2.05, 4.69) is 31.9 Å². The number of hydrogen-bond donors (Lipinski definition) is 0. The zero-order valence-corrected chi connectivity index (χ0v) is 10.9. The van der Waals surface area contributed by atoms with Gasteiger partial charge in [-0.25, -0.2) is 4.79 Å². The van der Waals surface area contributed by atoms with Gasteiger partial charge in [0.2, 0.25) is 0 Å². The van der Waals surface area contributed by atoms with Crippen LogP contribution in [0.3, 0.4) is 0 Å². The van der Waals surface area contributed by atoms with Crippen molar-refractivity contribution in [1.29, 1.82) is 0 Å². The molecule has 5 heteroatoms. The minimum absolute atomic E-state index is 0.335. The summed E-state index contributed by atoms with van der Waals surface area (Å²) < 4.78 is 10.3. The highest BCUT2D eigenvalue weighted by Gasteiger charge is 2.17. The molecule has 0 amide bonds. The van der Waals surface area contributed by atoms with Crippen molar-refractivity contribution in [2.24, 2.45) is 0 Å². The minimum atomic E-state index is -0.335. The van der Waals surface area contributed by atoms with Crippen molar-refractivity contribution in [3.8, 4) is 0 Å². The summed E-state index contributed by atoms with van der Waals surface area (Å²) >= 11 is 6.51. The molecule has 78 valence electrons. The number of carbonyl (C=O) groups is 1. The van der Waals surface area contributed by atoms with Crippen molar-refractivity contribution in [1.82, 2.24) is 0 Å². The van der Waals surface area contributed by atoms with E-state index in [1.165, 1.54) is 0 Å². The van der Waals surface area contributed by atoms with E-state index >= 15 is 0 Å². The second-order valence-electron chi connectivity index (χ2n) is 2.54. The lowest BCUT2D eigenvalue weighted by Gasteiger charge is -1.99. The highest BCUT2D eigenvalue weighted by molar-refractivity contribution is 9.08. The zero-order chi connectivity index (χ0) is 10.6. The van der Waals surface area contributed by atoms with Crippen molar-refractivity contribution in [2.75, 3.05) is 6.61 Å². The molecular formula is C9H10Br2O3. The van der Waals surface area contributed by atoms with Crippen molar-refractivity contribution in [2.45, 2.75) is 17.6 Å². The van der Waals surface area contributed by atoms with Gasteiger partial charge in [-0.1, -0.05) is 31.9 Å². The summed E-state index contributed by atoms with van der Waals surface area (Å²) in [4.78, 5) is 11.4. The van der Waals surface area contributed by atoms with Crippen LogP contribution in [0.1, 0.15) is 28.8 Å². The van der Waals surface area contributed by atoms with E-state index in [1.54, 1.807) is 13.0 Å². The first-order valence-electron chi connectivity index (χ1n) is 4.13. The molecule has 0 aliphatic rings. The standard InChI is InChI=1S/C9H10Br2O3/c1-2-13-9(12)7-3-6(4-10)14-8(7)5-11/h3H,2,4-5H2,1H3. The van der Waals surface area contributed by atoms with Gasteiger partial charge in [0.1, 0.15) is 17.1 Å². The van der Waals surface area contributed by atoms with Crippen molar-refractivity contribution in [3.63, 3.8) is 0 Å². The first kappa shape index (κ1) is 11.8. The number of ether oxygens (including phenoxy) is 1. The third-order valence-corrected chi connectivity index (χ3v) is 2.67. The lowest BCUT2D eigenvalue weighted by molar-refractivity contribution is 0.0524. The maximum Gasteiger partial charge on any atom is 0.341 e. The third-order valence-electron chi connectivity index (χ3n) is 1.61. The largest absolute Gasteiger partial charge is 0.463 e. The summed E-state index contributed by atoms with van der Waals surface area (Å²) in [5.74, 6) is 0.998. The summed E-state index contributed by atoms with van der Waals surface area (Å²) in [6.45, 7) is 2.15. The van der Waals surface area contributed by atoms with Crippen LogP contribution < -0.4 is 0 Å². The molecule has 0 fully saturated rings. The van der Waals surface area contributed by atoms with Crippen LogP contribution in [-0.4, -0.2) is 12.6 Å². The van der Waals surface area contributed by atoms with Crippen molar-refractivity contribution in [3.05, 3.63) is 23.2 Å². The smallest absolute Gasteiger partial charge is 0.341 e. The summed E-state index contributed by atoms with van der Waals surface area (Å²) in [5, 5.41) is 1.10. The van der Waals surface area contributed by atoms with E-state index in [4.69, 9.17) is 9.15 Å². The van der Waals surface area contributed by atoms with Crippen LogP contribution in [-0.2, 0) is 15.4 Å². The van der Waals surface area contributed by atoms with Crippen LogP contribution >= 0.6 is 31.9 Å². The topological polar surface area (TPSA) is 39.4 Å². The number of alkyl halides is 2. The Kier molecular flexibility index (Phi) is 4.68. The van der Waals surface area contributed by atoms with Gasteiger partial charge in [-0.15, -0.1) is 0 Å². The SMILES string of the molecule is CCOC(=O)c1cc(CBr)oc1CBr. The third kappa shape index (κ3) is 2.60. The molecular weight excluding hydrogens is 316 g/mol. The summed E-state index contributed by atoms with van der Waals surface area (Å²) in [6, 6.07) is 1.70. The fourth-order valence-electron chi connectivity index (χ4n) is 1.03. The second kappa shape index (κ2) is 5.56. The number of rotatable bonds is 4. The summed E-state index contributed by atoms with van der Waals surface area (Å²) in [5.41, 5.74) is 0.498. The highest BCUT2D eigenvalue weighted by atomic mass is 79.9. The molecule has 0 saturated heterocycles. The molecule has 0 unspecified atom stereocenters. The van der Waals surface area contributed by atoms with Crippen LogP contribution in [0.2, 0.25) is 0 Å². The first-order chi connectivity index (χ1) is 6.72. The fraction of sp³-hybridized carbons (Fsp3) is 0.444. The molecule has 0 aromatic carbocycles. The van der Waals surface area contributed by atoms with Crippen molar-refractivity contribution < 1.29 is 13.9 Å². The number of carbonyl (C=O) groups excluding carboxylic acids is 1. The Bertz CT molecular complexity index is 320. The van der Waals surface area contributed by atoms with Crippen LogP contribution in [0.25, 0.3) is 0 Å². The monoisotopic (exact) mass is 324 g/mol. The van der Waals surface area contributed by atoms with E-state index < -0.39 is 0 Å². The van der Waals surface area contributed by atoms with Gasteiger partial charge in [0.25, 0.3) is 0 Å². The molecule has 0 aliphatic heterocycles. The molecule has 0 saturated carbocycles. The molecule has 0 atom stereocenters. The van der Waals surface area contributed by atoms with E-state index in [9.17, 15) is 4.79 Å².